The van der Waals surface area contributed by atoms with Crippen LogP contribution in [0.25, 0.3) is 0 Å². The first-order valence-electron chi connectivity index (χ1n) is 6.39. The fourth-order valence-corrected chi connectivity index (χ4v) is 2.09. The smallest absolute Gasteiger partial charge is 0.254 e. The molecule has 2 unspecified atom stereocenters. The molecule has 1 saturated heterocycles. The van der Waals surface area contributed by atoms with Gasteiger partial charge in [0.1, 0.15) is 5.75 Å². The summed E-state index contributed by atoms with van der Waals surface area (Å²) < 4.78 is 5.54. The second-order valence-electron chi connectivity index (χ2n) is 5.04. The van der Waals surface area contributed by atoms with Crippen molar-refractivity contribution < 1.29 is 19.7 Å². The van der Waals surface area contributed by atoms with E-state index in [1.807, 2.05) is 13.8 Å². The van der Waals surface area contributed by atoms with Gasteiger partial charge in [-0.1, -0.05) is 6.07 Å². The monoisotopic (exact) mass is 265 g/mol. The van der Waals surface area contributed by atoms with Gasteiger partial charge < -0.3 is 19.8 Å². The summed E-state index contributed by atoms with van der Waals surface area (Å²) in [5.41, 5.74) is 0.499. The Bertz CT molecular complexity index is 451. The molecule has 0 aliphatic carbocycles. The first-order chi connectivity index (χ1) is 8.97. The zero-order chi connectivity index (χ0) is 14.0. The van der Waals surface area contributed by atoms with Crippen molar-refractivity contribution in [3.8, 4) is 5.75 Å². The molecule has 1 aromatic carbocycles. The van der Waals surface area contributed by atoms with Gasteiger partial charge in [-0.05, 0) is 32.0 Å². The highest BCUT2D eigenvalue weighted by Gasteiger charge is 2.32. The van der Waals surface area contributed by atoms with E-state index in [9.17, 15) is 15.0 Å². The topological polar surface area (TPSA) is 70.0 Å². The molecule has 2 rings (SSSR count). The first kappa shape index (κ1) is 13.8. The van der Waals surface area contributed by atoms with Gasteiger partial charge in [-0.2, -0.15) is 0 Å². The maximum atomic E-state index is 12.2. The van der Waals surface area contributed by atoms with Gasteiger partial charge in [-0.15, -0.1) is 0 Å². The number of aliphatic hydroxyl groups is 2. The number of rotatable bonds is 3. The predicted molar refractivity (Wildman–Crippen MR) is 70.1 cm³/mol. The first-order valence-corrected chi connectivity index (χ1v) is 6.39. The van der Waals surface area contributed by atoms with Gasteiger partial charge >= 0.3 is 0 Å². The lowest BCUT2D eigenvalue weighted by Crippen LogP contribution is -2.29. The van der Waals surface area contributed by atoms with Crippen LogP contribution in [0.5, 0.6) is 5.75 Å². The quantitative estimate of drug-likeness (QED) is 0.842. The molecular formula is C14H19NO4. The number of aliphatic hydroxyl groups excluding tert-OH is 2. The summed E-state index contributed by atoms with van der Waals surface area (Å²) in [6.45, 7) is 4.16. The number of hydrogen-bond acceptors (Lipinski definition) is 4. The second-order valence-corrected chi connectivity index (χ2v) is 5.04. The summed E-state index contributed by atoms with van der Waals surface area (Å²) in [4.78, 5) is 13.7. The molecule has 1 heterocycles. The number of nitrogens with zero attached hydrogens (tertiary/aromatic N) is 1. The summed E-state index contributed by atoms with van der Waals surface area (Å²) in [5.74, 6) is 0.436. The lowest BCUT2D eigenvalue weighted by Gasteiger charge is -2.16. The maximum absolute atomic E-state index is 12.2. The van der Waals surface area contributed by atoms with Crippen molar-refractivity contribution in [1.82, 2.24) is 4.90 Å². The summed E-state index contributed by atoms with van der Waals surface area (Å²) in [7, 11) is 0. The zero-order valence-electron chi connectivity index (χ0n) is 11.1. The van der Waals surface area contributed by atoms with Crippen LogP contribution in [-0.2, 0) is 0 Å². The van der Waals surface area contributed by atoms with Crippen LogP contribution in [0.2, 0.25) is 0 Å². The van der Waals surface area contributed by atoms with E-state index in [4.69, 9.17) is 4.74 Å². The Kier molecular flexibility index (Phi) is 4.07. The van der Waals surface area contributed by atoms with Crippen molar-refractivity contribution in [2.75, 3.05) is 13.1 Å². The highest BCUT2D eigenvalue weighted by Crippen LogP contribution is 2.19. The largest absolute Gasteiger partial charge is 0.491 e. The Hall–Kier alpha value is -1.59. The van der Waals surface area contributed by atoms with E-state index in [2.05, 4.69) is 0 Å². The molecule has 0 saturated carbocycles. The fraction of sp³-hybridized carbons (Fsp3) is 0.500. The van der Waals surface area contributed by atoms with Gasteiger partial charge in [-0.3, -0.25) is 4.79 Å². The van der Waals surface area contributed by atoms with Crippen molar-refractivity contribution in [2.45, 2.75) is 32.2 Å². The van der Waals surface area contributed by atoms with E-state index in [0.717, 1.165) is 0 Å². The molecule has 1 amide bonds. The molecule has 0 spiro atoms. The highest BCUT2D eigenvalue weighted by molar-refractivity contribution is 5.94. The molecule has 19 heavy (non-hydrogen) atoms. The van der Waals surface area contributed by atoms with Crippen LogP contribution < -0.4 is 4.74 Å². The van der Waals surface area contributed by atoms with Crippen LogP contribution in [0, 0.1) is 0 Å². The van der Waals surface area contributed by atoms with Gasteiger partial charge in [0.25, 0.3) is 5.91 Å². The van der Waals surface area contributed by atoms with Crippen molar-refractivity contribution >= 4 is 5.91 Å². The van der Waals surface area contributed by atoms with Crippen LogP contribution in [0.1, 0.15) is 24.2 Å². The average Bonchev–Trinajstić information content (AvgIpc) is 2.68. The molecule has 0 radical (unpaired) electrons. The SMILES string of the molecule is CC(C)Oc1cccc(C(=O)N2CC(O)C(O)C2)c1. The van der Waals surface area contributed by atoms with Gasteiger partial charge in [0.15, 0.2) is 0 Å². The molecule has 1 fully saturated rings. The number of hydrogen-bond donors (Lipinski definition) is 2. The van der Waals surface area contributed by atoms with Crippen LogP contribution >= 0.6 is 0 Å². The number of likely N-dealkylation sites (tertiary alicyclic amines) is 1. The summed E-state index contributed by atoms with van der Waals surface area (Å²) in [5, 5.41) is 18.9. The molecule has 1 aromatic rings. The highest BCUT2D eigenvalue weighted by atomic mass is 16.5. The van der Waals surface area contributed by atoms with E-state index < -0.39 is 12.2 Å². The van der Waals surface area contributed by atoms with E-state index in [0.29, 0.717) is 11.3 Å². The molecule has 1 aliphatic rings. The molecule has 1 aliphatic heterocycles. The third-order valence-corrected chi connectivity index (χ3v) is 3.00. The minimum atomic E-state index is -0.862. The Morgan fingerprint density at radius 1 is 1.32 bits per heavy atom. The van der Waals surface area contributed by atoms with Crippen molar-refractivity contribution in [3.05, 3.63) is 29.8 Å². The third-order valence-electron chi connectivity index (χ3n) is 3.00. The summed E-state index contributed by atoms with van der Waals surface area (Å²) >= 11 is 0. The van der Waals surface area contributed by atoms with Crippen molar-refractivity contribution in [3.63, 3.8) is 0 Å². The van der Waals surface area contributed by atoms with E-state index in [1.165, 1.54) is 4.90 Å². The van der Waals surface area contributed by atoms with Crippen LogP contribution in [0.3, 0.4) is 0 Å². The number of carbonyl (C=O) groups is 1. The minimum Gasteiger partial charge on any atom is -0.491 e. The normalized spacial score (nSPS) is 22.9. The molecule has 0 aromatic heterocycles. The lowest BCUT2D eigenvalue weighted by atomic mass is 10.2. The Balaban J connectivity index is 2.11. The van der Waals surface area contributed by atoms with Crippen molar-refractivity contribution in [1.29, 1.82) is 0 Å². The zero-order valence-corrected chi connectivity index (χ0v) is 11.1. The van der Waals surface area contributed by atoms with Crippen LogP contribution in [0.4, 0.5) is 0 Å². The van der Waals surface area contributed by atoms with Gasteiger partial charge in [-0.25, -0.2) is 0 Å². The number of benzene rings is 1. The average molecular weight is 265 g/mol. The molecular weight excluding hydrogens is 246 g/mol. The fourth-order valence-electron chi connectivity index (χ4n) is 2.09. The maximum Gasteiger partial charge on any atom is 0.254 e. The lowest BCUT2D eigenvalue weighted by molar-refractivity contribution is 0.0572. The molecule has 104 valence electrons. The van der Waals surface area contributed by atoms with Crippen LogP contribution in [0.15, 0.2) is 24.3 Å². The van der Waals surface area contributed by atoms with E-state index in [1.54, 1.807) is 24.3 Å². The van der Waals surface area contributed by atoms with E-state index in [-0.39, 0.29) is 25.1 Å². The Morgan fingerprint density at radius 2 is 1.95 bits per heavy atom. The molecule has 2 N–H and O–H groups in total. The molecule has 2 atom stereocenters. The Labute approximate surface area is 112 Å². The molecule has 0 bridgehead atoms. The minimum absolute atomic E-state index is 0.0424. The number of β-amino-alcohol motifs (C(OH)–C–C–N with tert-alkyl or cyclic N) is 2. The van der Waals surface area contributed by atoms with Crippen molar-refractivity contribution in [2.24, 2.45) is 0 Å². The third kappa shape index (κ3) is 3.24. The van der Waals surface area contributed by atoms with Crippen LogP contribution in [-0.4, -0.2) is 52.4 Å². The van der Waals surface area contributed by atoms with Gasteiger partial charge in [0.05, 0.1) is 18.3 Å². The van der Waals surface area contributed by atoms with E-state index >= 15 is 0 Å². The van der Waals surface area contributed by atoms with Gasteiger partial charge in [0, 0.05) is 18.7 Å². The Morgan fingerprint density at radius 3 is 2.53 bits per heavy atom. The standard InChI is InChI=1S/C14H19NO4/c1-9(2)19-11-5-3-4-10(6-11)14(18)15-7-12(16)13(17)8-15/h3-6,9,12-13,16-17H,7-8H2,1-2H3. The second kappa shape index (κ2) is 5.59. The summed E-state index contributed by atoms with van der Waals surface area (Å²) in [6.07, 6.45) is -1.68. The number of carbonyl (C=O) groups excluding carboxylic acids is 1. The molecule has 5 nitrogen and oxygen atoms in total. The summed E-state index contributed by atoms with van der Waals surface area (Å²) in [6, 6.07) is 6.93. The predicted octanol–water partition coefficient (Wildman–Crippen LogP) is 0.651. The van der Waals surface area contributed by atoms with Gasteiger partial charge in [0.2, 0.25) is 0 Å². The molecule has 5 heteroatoms. The number of amides is 1. The number of ether oxygens (including phenoxy) is 1.